The summed E-state index contributed by atoms with van der Waals surface area (Å²) in [5.41, 5.74) is 7.42. The van der Waals surface area contributed by atoms with E-state index in [1.807, 2.05) is 0 Å². The third-order valence-electron chi connectivity index (χ3n) is 4.29. The molecule has 92 valence electrons. The Balaban J connectivity index is 1.57. The molecule has 1 aliphatic carbocycles. The molecule has 1 aliphatic heterocycles. The highest BCUT2D eigenvalue weighted by Gasteiger charge is 2.41. The van der Waals surface area contributed by atoms with Crippen LogP contribution in [0.1, 0.15) is 24.8 Å². The minimum Gasteiger partial charge on any atom is -0.327 e. The van der Waals surface area contributed by atoms with Crippen LogP contribution in [0.2, 0.25) is 0 Å². The summed E-state index contributed by atoms with van der Waals surface area (Å²) in [5, 5.41) is 0. The molecule has 1 saturated heterocycles. The third kappa shape index (κ3) is 2.70. The van der Waals surface area contributed by atoms with E-state index in [4.69, 9.17) is 5.73 Å². The van der Waals surface area contributed by atoms with Crippen molar-refractivity contribution in [3.8, 4) is 0 Å². The number of nitrogens with two attached hydrogens (primary N) is 1. The summed E-state index contributed by atoms with van der Waals surface area (Å²) in [6.45, 7) is 3.62. The average Bonchev–Trinajstić information content (AvgIpc) is 3.08. The summed E-state index contributed by atoms with van der Waals surface area (Å²) in [5.74, 6) is 1.69. The van der Waals surface area contributed by atoms with Gasteiger partial charge in [0.05, 0.1) is 0 Å². The van der Waals surface area contributed by atoms with Gasteiger partial charge in [-0.05, 0) is 43.2 Å². The van der Waals surface area contributed by atoms with Crippen molar-refractivity contribution in [3.05, 3.63) is 35.9 Å². The van der Waals surface area contributed by atoms with Crippen LogP contribution < -0.4 is 5.73 Å². The molecule has 0 radical (unpaired) electrons. The summed E-state index contributed by atoms with van der Waals surface area (Å²) >= 11 is 0. The molecule has 1 heterocycles. The smallest absolute Gasteiger partial charge is 0.0233 e. The number of piperidine rings is 1. The Morgan fingerprint density at radius 2 is 2.00 bits per heavy atom. The van der Waals surface area contributed by atoms with E-state index in [0.717, 1.165) is 18.4 Å². The van der Waals surface area contributed by atoms with Crippen molar-refractivity contribution in [2.45, 2.75) is 31.8 Å². The monoisotopic (exact) mass is 230 g/mol. The van der Waals surface area contributed by atoms with Gasteiger partial charge in [-0.3, -0.25) is 4.90 Å². The Kier molecular flexibility index (Phi) is 3.17. The first-order chi connectivity index (χ1) is 8.33. The van der Waals surface area contributed by atoms with Gasteiger partial charge in [-0.15, -0.1) is 0 Å². The van der Waals surface area contributed by atoms with Gasteiger partial charge in [-0.1, -0.05) is 30.3 Å². The number of likely N-dealkylation sites (tertiary alicyclic amines) is 1. The van der Waals surface area contributed by atoms with Crippen LogP contribution in [0.25, 0.3) is 0 Å². The first-order valence-electron chi connectivity index (χ1n) is 6.85. The predicted octanol–water partition coefficient (Wildman–Crippen LogP) is 2.25. The van der Waals surface area contributed by atoms with Crippen LogP contribution >= 0.6 is 0 Å². The van der Waals surface area contributed by atoms with Gasteiger partial charge in [0.15, 0.2) is 0 Å². The number of hydrogen-bond acceptors (Lipinski definition) is 2. The molecule has 0 amide bonds. The molecule has 3 rings (SSSR count). The largest absolute Gasteiger partial charge is 0.327 e. The van der Waals surface area contributed by atoms with Crippen molar-refractivity contribution in [1.29, 1.82) is 0 Å². The van der Waals surface area contributed by atoms with E-state index in [1.54, 1.807) is 0 Å². The zero-order chi connectivity index (χ0) is 11.7. The van der Waals surface area contributed by atoms with E-state index in [2.05, 4.69) is 35.2 Å². The third-order valence-corrected chi connectivity index (χ3v) is 4.29. The summed E-state index contributed by atoms with van der Waals surface area (Å²) in [4.78, 5) is 2.61. The highest BCUT2D eigenvalue weighted by molar-refractivity contribution is 5.14. The quantitative estimate of drug-likeness (QED) is 0.863. The lowest BCUT2D eigenvalue weighted by Gasteiger charge is -2.33. The van der Waals surface area contributed by atoms with E-state index in [-0.39, 0.29) is 0 Å². The van der Waals surface area contributed by atoms with Gasteiger partial charge in [-0.2, -0.15) is 0 Å². The predicted molar refractivity (Wildman–Crippen MR) is 70.5 cm³/mol. The number of benzene rings is 1. The topological polar surface area (TPSA) is 29.3 Å². The van der Waals surface area contributed by atoms with Gasteiger partial charge in [0.25, 0.3) is 0 Å². The van der Waals surface area contributed by atoms with Crippen LogP contribution in [0.3, 0.4) is 0 Å². The van der Waals surface area contributed by atoms with Crippen molar-refractivity contribution in [3.63, 3.8) is 0 Å². The highest BCUT2D eigenvalue weighted by atomic mass is 15.1. The second kappa shape index (κ2) is 4.79. The Labute approximate surface area is 104 Å². The van der Waals surface area contributed by atoms with Gasteiger partial charge in [0, 0.05) is 19.1 Å². The number of hydrogen-bond donors (Lipinski definition) is 1. The molecular weight excluding hydrogens is 208 g/mol. The van der Waals surface area contributed by atoms with Gasteiger partial charge >= 0.3 is 0 Å². The van der Waals surface area contributed by atoms with E-state index in [1.165, 1.54) is 37.9 Å². The van der Waals surface area contributed by atoms with Crippen LogP contribution in [0.15, 0.2) is 30.3 Å². The van der Waals surface area contributed by atoms with Crippen molar-refractivity contribution in [1.82, 2.24) is 4.90 Å². The first kappa shape index (κ1) is 11.2. The summed E-state index contributed by atoms with van der Waals surface area (Å²) in [7, 11) is 0. The lowest BCUT2D eigenvalue weighted by Crippen LogP contribution is -2.36. The maximum absolute atomic E-state index is 5.98. The van der Waals surface area contributed by atoms with Crippen molar-refractivity contribution >= 4 is 0 Å². The molecule has 1 aromatic rings. The molecule has 0 spiro atoms. The zero-order valence-electron chi connectivity index (χ0n) is 10.4. The van der Waals surface area contributed by atoms with Gasteiger partial charge < -0.3 is 5.73 Å². The lowest BCUT2D eigenvalue weighted by atomic mass is 9.92. The molecule has 1 unspecified atom stereocenters. The van der Waals surface area contributed by atoms with Crippen LogP contribution in [-0.2, 0) is 6.54 Å². The van der Waals surface area contributed by atoms with Crippen LogP contribution in [-0.4, -0.2) is 24.0 Å². The summed E-state index contributed by atoms with van der Waals surface area (Å²) < 4.78 is 0. The molecule has 2 fully saturated rings. The molecule has 0 aromatic heterocycles. The maximum Gasteiger partial charge on any atom is 0.0233 e. The fourth-order valence-electron chi connectivity index (χ4n) is 3.20. The Bertz CT molecular complexity index is 362. The van der Waals surface area contributed by atoms with Gasteiger partial charge in [0.1, 0.15) is 0 Å². The fraction of sp³-hybridized carbons (Fsp3) is 0.600. The lowest BCUT2D eigenvalue weighted by molar-refractivity contribution is 0.153. The number of rotatable bonds is 3. The minimum atomic E-state index is 0.511. The van der Waals surface area contributed by atoms with Crippen molar-refractivity contribution < 1.29 is 0 Å². The highest BCUT2D eigenvalue weighted by Crippen LogP contribution is 2.40. The maximum atomic E-state index is 5.98. The molecule has 3 atom stereocenters. The van der Waals surface area contributed by atoms with Gasteiger partial charge in [-0.25, -0.2) is 0 Å². The molecule has 2 aliphatic rings. The second-order valence-corrected chi connectivity index (χ2v) is 5.69. The average molecular weight is 230 g/mol. The summed E-state index contributed by atoms with van der Waals surface area (Å²) in [6, 6.07) is 11.3. The first-order valence-corrected chi connectivity index (χ1v) is 6.85. The molecule has 2 nitrogen and oxygen atoms in total. The molecule has 17 heavy (non-hydrogen) atoms. The summed E-state index contributed by atoms with van der Waals surface area (Å²) in [6.07, 6.45) is 4.01. The van der Waals surface area contributed by atoms with Crippen LogP contribution in [0, 0.1) is 11.8 Å². The van der Waals surface area contributed by atoms with E-state index < -0.39 is 0 Å². The van der Waals surface area contributed by atoms with Gasteiger partial charge in [0.2, 0.25) is 0 Å². The normalized spacial score (nSPS) is 33.6. The van der Waals surface area contributed by atoms with Crippen molar-refractivity contribution in [2.24, 2.45) is 17.6 Å². The van der Waals surface area contributed by atoms with E-state index in [9.17, 15) is 0 Å². The van der Waals surface area contributed by atoms with E-state index >= 15 is 0 Å². The van der Waals surface area contributed by atoms with Crippen LogP contribution in [0.5, 0.6) is 0 Å². The standard InChI is InChI=1S/C15H22N2/c16-15-9-14(15)13-7-4-8-17(11-13)10-12-5-2-1-3-6-12/h1-3,5-6,13-15H,4,7-11,16H2/t13?,14-,15+/m0/s1. The number of nitrogens with zero attached hydrogens (tertiary/aromatic N) is 1. The second-order valence-electron chi connectivity index (χ2n) is 5.69. The Morgan fingerprint density at radius 3 is 2.71 bits per heavy atom. The molecule has 2 heteroatoms. The molecular formula is C15H22N2. The minimum absolute atomic E-state index is 0.511. The van der Waals surface area contributed by atoms with E-state index in [0.29, 0.717) is 6.04 Å². The SMILES string of the molecule is N[C@@H]1C[C@H]1C1CCCN(Cc2ccccc2)C1. The molecule has 1 saturated carbocycles. The van der Waals surface area contributed by atoms with Crippen LogP contribution in [0.4, 0.5) is 0 Å². The fourth-order valence-corrected chi connectivity index (χ4v) is 3.20. The molecule has 1 aromatic carbocycles. The molecule has 2 N–H and O–H groups in total. The zero-order valence-corrected chi connectivity index (χ0v) is 10.4. The Morgan fingerprint density at radius 1 is 1.24 bits per heavy atom. The van der Waals surface area contributed by atoms with Crippen molar-refractivity contribution in [2.75, 3.05) is 13.1 Å². The molecule has 0 bridgehead atoms. The Hall–Kier alpha value is -0.860.